The van der Waals surface area contributed by atoms with E-state index in [0.29, 0.717) is 0 Å². The summed E-state index contributed by atoms with van der Waals surface area (Å²) in [5.41, 5.74) is 1.90. The molecule has 0 saturated carbocycles. The summed E-state index contributed by atoms with van der Waals surface area (Å²) in [6, 6.07) is 17.9. The van der Waals surface area contributed by atoms with Gasteiger partial charge in [0.2, 0.25) is 0 Å². The van der Waals surface area contributed by atoms with E-state index < -0.39 is 7.81 Å². The third-order valence-corrected chi connectivity index (χ3v) is 3.47. The van der Waals surface area contributed by atoms with Crippen molar-refractivity contribution in [1.29, 1.82) is 0 Å². The summed E-state index contributed by atoms with van der Waals surface area (Å²) in [5.74, 6) is 1.69. The van der Waals surface area contributed by atoms with E-state index in [1.54, 1.807) is 7.11 Å². The van der Waals surface area contributed by atoms with Crippen molar-refractivity contribution in [2.75, 3.05) is 7.11 Å². The molecule has 0 aliphatic heterocycles. The summed E-state index contributed by atoms with van der Waals surface area (Å²) in [6.07, 6.45) is 0. The third-order valence-electron chi connectivity index (χ3n) is 2.98. The number of ether oxygens (including phenoxy) is 1. The van der Waals surface area contributed by atoms with Crippen LogP contribution < -0.4 is 4.74 Å². The average molecular weight is 461 g/mol. The molecule has 0 saturated heterocycles. The van der Waals surface area contributed by atoms with Crippen molar-refractivity contribution in [3.63, 3.8) is 0 Å². The number of hydrogen-bond donors (Lipinski definition) is 0. The Labute approximate surface area is 152 Å². The molecule has 1 heterocycles. The predicted molar refractivity (Wildman–Crippen MR) is 93.9 cm³/mol. The van der Waals surface area contributed by atoms with E-state index in [1.165, 1.54) is 0 Å². The summed E-state index contributed by atoms with van der Waals surface area (Å²) in [5, 5.41) is 1.08. The summed E-state index contributed by atoms with van der Waals surface area (Å²) in [4.78, 5) is 0. The van der Waals surface area contributed by atoms with E-state index in [0.717, 1.165) is 32.5 Å². The molecule has 0 fully saturated rings. The molecule has 0 N–H and O–H groups in total. The van der Waals surface area contributed by atoms with Crippen molar-refractivity contribution in [2.45, 2.75) is 0 Å². The van der Waals surface area contributed by atoms with Crippen LogP contribution in [0.4, 0.5) is 25.2 Å². The molecule has 0 aliphatic rings. The number of methoxy groups -OCH3 is 1. The van der Waals surface area contributed by atoms with E-state index in [4.69, 9.17) is 9.15 Å². The predicted octanol–water partition coefficient (Wildman–Crippen LogP) is 8.53. The van der Waals surface area contributed by atoms with Gasteiger partial charge in [-0.25, -0.2) is 4.42 Å². The molecule has 3 rings (SSSR count). The Morgan fingerprint density at radius 3 is 1.96 bits per heavy atom. The minimum absolute atomic E-state index is 0.841. The number of hydrogen-bond acceptors (Lipinski definition) is 1. The molecular formula is C16H12BrF6O2P. The van der Waals surface area contributed by atoms with E-state index in [9.17, 15) is 25.2 Å². The second kappa shape index (κ2) is 6.39. The monoisotopic (exact) mass is 460 g/mol. The Bertz CT molecular complexity index is 916. The van der Waals surface area contributed by atoms with Crippen LogP contribution in [0.2, 0.25) is 0 Å². The van der Waals surface area contributed by atoms with Gasteiger partial charge >= 0.3 is 44.3 Å². The molecule has 0 spiro atoms. The fraction of sp³-hybridized carbons (Fsp3) is 0.0625. The molecule has 0 atom stereocenters. The van der Waals surface area contributed by atoms with Crippen LogP contribution in [0.15, 0.2) is 63.5 Å². The maximum absolute atomic E-state index is 10.7. The molecule has 2 aromatic carbocycles. The zero-order valence-electron chi connectivity index (χ0n) is 13.1. The van der Waals surface area contributed by atoms with Gasteiger partial charge < -0.3 is 4.74 Å². The summed E-state index contributed by atoms with van der Waals surface area (Å²) in [7, 11) is -9.00. The van der Waals surface area contributed by atoms with Crippen LogP contribution in [-0.4, -0.2) is 7.11 Å². The zero-order chi connectivity index (χ0) is 19.7. The van der Waals surface area contributed by atoms with Gasteiger partial charge in [0.15, 0.2) is 0 Å². The molecule has 3 aromatic rings. The third kappa shape index (κ3) is 7.58. The fourth-order valence-corrected chi connectivity index (χ4v) is 2.35. The van der Waals surface area contributed by atoms with Crippen molar-refractivity contribution < 1.29 is 34.3 Å². The van der Waals surface area contributed by atoms with Crippen LogP contribution in [0.1, 0.15) is 0 Å². The number of rotatable bonds is 2. The molecule has 2 nitrogen and oxygen atoms in total. The first kappa shape index (κ1) is 20.5. The molecule has 0 bridgehead atoms. The van der Waals surface area contributed by atoms with E-state index in [-0.39, 0.29) is 0 Å². The first-order valence-electron chi connectivity index (χ1n) is 6.94. The standard InChI is InChI=1S/C16H12BrO2.F6P/c1-18-14-6-2-11(3-7-14)15-8-4-12-10-13(17)5-9-16(12)19-15;1-7(2,3,4,5)6/h2-10H,1H3;/q+1;-1. The summed E-state index contributed by atoms with van der Waals surface area (Å²) < 4.78 is 71.3. The van der Waals surface area contributed by atoms with Crippen LogP contribution in [0.5, 0.6) is 5.75 Å². The Balaban J connectivity index is 0.000000298. The molecule has 10 heteroatoms. The van der Waals surface area contributed by atoms with Gasteiger partial charge in [-0.2, -0.15) is 0 Å². The van der Waals surface area contributed by atoms with Crippen molar-refractivity contribution in [2.24, 2.45) is 0 Å². The van der Waals surface area contributed by atoms with Crippen molar-refractivity contribution >= 4 is 34.7 Å². The van der Waals surface area contributed by atoms with Crippen molar-refractivity contribution in [3.05, 3.63) is 59.1 Å². The number of halogens is 7. The second-order valence-corrected chi connectivity index (χ2v) is 8.00. The van der Waals surface area contributed by atoms with E-state index in [2.05, 4.69) is 22.0 Å². The SMILES string of the molecule is COc1ccc(-c2ccc3cc(Br)ccc3[o+]2)cc1.F[P-](F)(F)(F)(F)F. The molecule has 0 aliphatic carbocycles. The van der Waals surface area contributed by atoms with Crippen LogP contribution in [-0.2, 0) is 0 Å². The first-order valence-corrected chi connectivity index (χ1v) is 9.77. The molecule has 26 heavy (non-hydrogen) atoms. The average Bonchev–Trinajstić information content (AvgIpc) is 2.51. The Kier molecular flexibility index (Phi) is 5.02. The van der Waals surface area contributed by atoms with Gasteiger partial charge in [-0.15, -0.1) is 0 Å². The fourth-order valence-electron chi connectivity index (χ4n) is 1.97. The molecule has 142 valence electrons. The Morgan fingerprint density at radius 1 is 0.846 bits per heavy atom. The Morgan fingerprint density at radius 2 is 1.42 bits per heavy atom. The molecule has 1 aromatic heterocycles. The molecule has 0 amide bonds. The maximum atomic E-state index is 9.87. The first-order chi connectivity index (χ1) is 11.7. The number of benzene rings is 2. The number of fused-ring (bicyclic) bond motifs is 1. The molecular weight excluding hydrogens is 449 g/mol. The van der Waals surface area contributed by atoms with Gasteiger partial charge in [-0.3, -0.25) is 0 Å². The van der Waals surface area contributed by atoms with Gasteiger partial charge in [-0.1, -0.05) is 15.9 Å². The van der Waals surface area contributed by atoms with Crippen LogP contribution in [0.3, 0.4) is 0 Å². The van der Waals surface area contributed by atoms with Crippen LogP contribution >= 0.6 is 23.7 Å². The quantitative estimate of drug-likeness (QED) is 0.217. The van der Waals surface area contributed by atoms with Gasteiger partial charge in [0, 0.05) is 16.6 Å². The molecule has 0 radical (unpaired) electrons. The minimum atomic E-state index is -10.7. The zero-order valence-corrected chi connectivity index (χ0v) is 15.6. The second-order valence-electron chi connectivity index (χ2n) is 5.17. The van der Waals surface area contributed by atoms with Gasteiger partial charge in [0.05, 0.1) is 18.1 Å². The van der Waals surface area contributed by atoms with Crippen molar-refractivity contribution in [1.82, 2.24) is 0 Å². The van der Waals surface area contributed by atoms with E-state index in [1.807, 2.05) is 48.5 Å². The van der Waals surface area contributed by atoms with Gasteiger partial charge in [-0.05, 0) is 42.5 Å². The van der Waals surface area contributed by atoms with Gasteiger partial charge in [0.25, 0.3) is 0 Å². The van der Waals surface area contributed by atoms with Crippen LogP contribution in [0, 0.1) is 0 Å². The normalized spacial score (nSPS) is 14.0. The van der Waals surface area contributed by atoms with Crippen molar-refractivity contribution in [3.8, 4) is 17.1 Å². The topological polar surface area (TPSA) is 20.5 Å². The van der Waals surface area contributed by atoms with E-state index >= 15 is 0 Å². The molecule has 0 unspecified atom stereocenters. The Hall–Kier alpha value is -1.86. The summed E-state index contributed by atoms with van der Waals surface area (Å²) in [6.45, 7) is 0. The van der Waals surface area contributed by atoms with Crippen LogP contribution in [0.25, 0.3) is 22.3 Å². The summed E-state index contributed by atoms with van der Waals surface area (Å²) >= 11 is 3.46. The van der Waals surface area contributed by atoms with Gasteiger partial charge in [0.1, 0.15) is 5.75 Å².